The van der Waals surface area contributed by atoms with Crippen LogP contribution in [0, 0.1) is 5.92 Å². The lowest BCUT2D eigenvalue weighted by Crippen LogP contribution is -2.30. The molecule has 0 saturated carbocycles. The molecule has 1 aliphatic rings. The summed E-state index contributed by atoms with van der Waals surface area (Å²) in [6.45, 7) is 5.07. The van der Waals surface area contributed by atoms with Gasteiger partial charge in [-0.2, -0.15) is 0 Å². The summed E-state index contributed by atoms with van der Waals surface area (Å²) in [7, 11) is 0. The van der Waals surface area contributed by atoms with E-state index in [1.54, 1.807) is 22.8 Å². The Morgan fingerprint density at radius 3 is 2.86 bits per heavy atom. The van der Waals surface area contributed by atoms with Gasteiger partial charge in [0.15, 0.2) is 6.61 Å². The number of hydrogen-bond acceptors (Lipinski definition) is 5. The van der Waals surface area contributed by atoms with E-state index < -0.39 is 5.97 Å². The van der Waals surface area contributed by atoms with E-state index in [4.69, 9.17) is 4.74 Å². The summed E-state index contributed by atoms with van der Waals surface area (Å²) in [6.07, 6.45) is 4.69. The molecule has 0 fully saturated rings. The number of benzene rings is 1. The third-order valence-electron chi connectivity index (χ3n) is 4.93. The molecule has 150 valence electrons. The smallest absolute Gasteiger partial charge is 0.338 e. The molecular formula is C21H27N3O4. The van der Waals surface area contributed by atoms with Gasteiger partial charge in [-0.1, -0.05) is 20.3 Å². The van der Waals surface area contributed by atoms with Crippen molar-refractivity contribution < 1.29 is 14.3 Å². The number of aryl methyl sites for hydroxylation is 1. The second-order valence-electron chi connectivity index (χ2n) is 7.64. The molecule has 1 aromatic heterocycles. The van der Waals surface area contributed by atoms with Crippen LogP contribution in [0.25, 0.3) is 10.9 Å². The average molecular weight is 385 g/mol. The minimum Gasteiger partial charge on any atom is -0.452 e. The van der Waals surface area contributed by atoms with Crippen molar-refractivity contribution in [3.63, 3.8) is 0 Å². The second kappa shape index (κ2) is 8.99. The predicted octanol–water partition coefficient (Wildman–Crippen LogP) is 2.44. The summed E-state index contributed by atoms with van der Waals surface area (Å²) in [4.78, 5) is 41.4. The summed E-state index contributed by atoms with van der Waals surface area (Å²) >= 11 is 0. The number of fused-ring (bicyclic) bond motifs is 2. The van der Waals surface area contributed by atoms with Gasteiger partial charge in [-0.3, -0.25) is 14.2 Å². The Bertz CT molecular complexity index is 933. The maximum absolute atomic E-state index is 12.7. The fraction of sp³-hybridized carbons (Fsp3) is 0.524. The molecule has 7 nitrogen and oxygen atoms in total. The standard InChI is InChI=1S/C21H27N3O4/c1-14(2)9-10-22-19(25)13-28-21(27)15-7-8-16-17(12-15)23-18-6-4-3-5-11-24(18)20(16)26/h7-8,12,14H,3-6,9-11,13H2,1-2H3,(H,22,25). The number of nitrogens with one attached hydrogen (secondary N) is 1. The first-order valence-electron chi connectivity index (χ1n) is 9.93. The van der Waals surface area contributed by atoms with E-state index in [2.05, 4.69) is 24.1 Å². The molecule has 0 saturated heterocycles. The summed E-state index contributed by atoms with van der Waals surface area (Å²) in [6, 6.07) is 4.73. The Kier molecular flexibility index (Phi) is 6.44. The topological polar surface area (TPSA) is 90.3 Å². The van der Waals surface area contributed by atoms with Crippen molar-refractivity contribution in [2.24, 2.45) is 5.92 Å². The first-order valence-corrected chi connectivity index (χ1v) is 9.93. The Labute approximate surface area is 164 Å². The minimum atomic E-state index is -0.599. The summed E-state index contributed by atoms with van der Waals surface area (Å²) in [5, 5.41) is 3.22. The van der Waals surface area contributed by atoms with Gasteiger partial charge in [0, 0.05) is 19.5 Å². The van der Waals surface area contributed by atoms with Crippen LogP contribution in [0.1, 0.15) is 55.7 Å². The molecule has 1 N–H and O–H groups in total. The number of amides is 1. The zero-order valence-electron chi connectivity index (χ0n) is 16.5. The van der Waals surface area contributed by atoms with Gasteiger partial charge in [-0.25, -0.2) is 9.78 Å². The van der Waals surface area contributed by atoms with Gasteiger partial charge in [0.2, 0.25) is 0 Å². The number of nitrogens with zero attached hydrogens (tertiary/aromatic N) is 2. The van der Waals surface area contributed by atoms with Gasteiger partial charge in [-0.05, 0) is 43.4 Å². The Morgan fingerprint density at radius 1 is 1.25 bits per heavy atom. The molecule has 28 heavy (non-hydrogen) atoms. The van der Waals surface area contributed by atoms with Crippen LogP contribution >= 0.6 is 0 Å². The summed E-state index contributed by atoms with van der Waals surface area (Å²) in [5.74, 6) is 0.339. The van der Waals surface area contributed by atoms with Crippen molar-refractivity contribution >= 4 is 22.8 Å². The number of rotatable bonds is 6. The fourth-order valence-corrected chi connectivity index (χ4v) is 3.31. The van der Waals surface area contributed by atoms with E-state index in [1.165, 1.54) is 0 Å². The van der Waals surface area contributed by atoms with Crippen LogP contribution in [0.3, 0.4) is 0 Å². The normalized spacial score (nSPS) is 13.8. The monoisotopic (exact) mass is 385 g/mol. The van der Waals surface area contributed by atoms with Gasteiger partial charge in [0.05, 0.1) is 16.5 Å². The van der Waals surface area contributed by atoms with Crippen LogP contribution in [0.15, 0.2) is 23.0 Å². The number of carbonyl (C=O) groups is 2. The molecule has 3 rings (SSSR count). The molecule has 1 amide bonds. The molecule has 0 spiro atoms. The van der Waals surface area contributed by atoms with Gasteiger partial charge < -0.3 is 10.1 Å². The SMILES string of the molecule is CC(C)CCNC(=O)COC(=O)c1ccc2c(=O)n3c(nc2c1)CCCCC3. The lowest BCUT2D eigenvalue weighted by molar-refractivity contribution is -0.124. The van der Waals surface area contributed by atoms with E-state index in [-0.39, 0.29) is 23.6 Å². The van der Waals surface area contributed by atoms with Crippen LogP contribution in [-0.2, 0) is 22.5 Å². The van der Waals surface area contributed by atoms with Crippen molar-refractivity contribution in [1.29, 1.82) is 0 Å². The number of carbonyl (C=O) groups excluding carboxylic acids is 2. The van der Waals surface area contributed by atoms with Crippen molar-refractivity contribution in [3.05, 3.63) is 39.9 Å². The number of hydrogen-bond donors (Lipinski definition) is 1. The van der Waals surface area contributed by atoms with E-state index in [9.17, 15) is 14.4 Å². The van der Waals surface area contributed by atoms with Gasteiger partial charge in [0.25, 0.3) is 11.5 Å². The highest BCUT2D eigenvalue weighted by Crippen LogP contribution is 2.16. The van der Waals surface area contributed by atoms with E-state index in [0.29, 0.717) is 29.9 Å². The van der Waals surface area contributed by atoms with Crippen molar-refractivity contribution in [2.75, 3.05) is 13.2 Å². The zero-order chi connectivity index (χ0) is 20.1. The van der Waals surface area contributed by atoms with Crippen LogP contribution in [0.2, 0.25) is 0 Å². The molecule has 0 atom stereocenters. The lowest BCUT2D eigenvalue weighted by Gasteiger charge is -2.11. The molecule has 0 aliphatic carbocycles. The van der Waals surface area contributed by atoms with E-state index >= 15 is 0 Å². The third kappa shape index (κ3) is 4.77. The Hall–Kier alpha value is -2.70. The van der Waals surface area contributed by atoms with Gasteiger partial charge in [-0.15, -0.1) is 0 Å². The predicted molar refractivity (Wildman–Crippen MR) is 106 cm³/mol. The highest BCUT2D eigenvalue weighted by atomic mass is 16.5. The van der Waals surface area contributed by atoms with Crippen LogP contribution in [0.4, 0.5) is 0 Å². The highest BCUT2D eigenvalue weighted by Gasteiger charge is 2.16. The van der Waals surface area contributed by atoms with Crippen molar-refractivity contribution in [1.82, 2.24) is 14.9 Å². The van der Waals surface area contributed by atoms with Crippen molar-refractivity contribution in [3.8, 4) is 0 Å². The summed E-state index contributed by atoms with van der Waals surface area (Å²) < 4.78 is 6.84. The number of ether oxygens (including phenoxy) is 1. The van der Waals surface area contributed by atoms with Gasteiger partial charge >= 0.3 is 5.97 Å². The maximum atomic E-state index is 12.7. The van der Waals surface area contributed by atoms with Crippen LogP contribution < -0.4 is 10.9 Å². The second-order valence-corrected chi connectivity index (χ2v) is 7.64. The first kappa shape index (κ1) is 20.0. The molecule has 2 heterocycles. The maximum Gasteiger partial charge on any atom is 0.338 e. The summed E-state index contributed by atoms with van der Waals surface area (Å²) in [5.41, 5.74) is 0.716. The van der Waals surface area contributed by atoms with E-state index in [0.717, 1.165) is 37.9 Å². The Morgan fingerprint density at radius 2 is 2.07 bits per heavy atom. The molecule has 2 aromatic rings. The molecule has 1 aliphatic heterocycles. The average Bonchev–Trinajstić information content (AvgIpc) is 2.91. The van der Waals surface area contributed by atoms with Crippen LogP contribution in [0.5, 0.6) is 0 Å². The number of aromatic nitrogens is 2. The number of esters is 1. The minimum absolute atomic E-state index is 0.0636. The highest BCUT2D eigenvalue weighted by molar-refractivity contribution is 5.95. The van der Waals surface area contributed by atoms with E-state index in [1.807, 2.05) is 0 Å². The molecule has 0 radical (unpaired) electrons. The molecule has 7 heteroatoms. The lowest BCUT2D eigenvalue weighted by atomic mass is 10.1. The quantitative estimate of drug-likeness (QED) is 0.772. The largest absolute Gasteiger partial charge is 0.452 e. The third-order valence-corrected chi connectivity index (χ3v) is 4.93. The van der Waals surface area contributed by atoms with Crippen molar-refractivity contribution in [2.45, 2.75) is 52.5 Å². The molecule has 0 bridgehead atoms. The molecular weight excluding hydrogens is 358 g/mol. The fourth-order valence-electron chi connectivity index (χ4n) is 3.31. The molecule has 1 aromatic carbocycles. The first-order chi connectivity index (χ1) is 13.5. The molecule has 0 unspecified atom stereocenters. The van der Waals surface area contributed by atoms with Crippen LogP contribution in [-0.4, -0.2) is 34.6 Å². The zero-order valence-corrected chi connectivity index (χ0v) is 16.5. The Balaban J connectivity index is 1.70. The van der Waals surface area contributed by atoms with Gasteiger partial charge in [0.1, 0.15) is 5.82 Å².